The van der Waals surface area contributed by atoms with Gasteiger partial charge in [0.25, 0.3) is 5.69 Å². The number of ether oxygens (including phenoxy) is 2. The number of nitro benzene ring substituents is 1. The summed E-state index contributed by atoms with van der Waals surface area (Å²) in [4.78, 5) is 24.2. The highest BCUT2D eigenvalue weighted by Gasteiger charge is 2.39. The van der Waals surface area contributed by atoms with Gasteiger partial charge in [-0.1, -0.05) is 42.5 Å². The Balaban J connectivity index is 1.84. The van der Waals surface area contributed by atoms with Crippen molar-refractivity contribution in [2.45, 2.75) is 18.9 Å². The molecule has 6 nitrogen and oxygen atoms in total. The lowest BCUT2D eigenvalue weighted by Gasteiger charge is -2.33. The average Bonchev–Trinajstić information content (AvgIpc) is 2.74. The van der Waals surface area contributed by atoms with Crippen LogP contribution in [-0.2, 0) is 0 Å². The van der Waals surface area contributed by atoms with Gasteiger partial charge in [0, 0.05) is 23.8 Å². The summed E-state index contributed by atoms with van der Waals surface area (Å²) in [5.74, 6) is 0.334. The van der Waals surface area contributed by atoms with Crippen LogP contribution < -0.4 is 9.47 Å². The van der Waals surface area contributed by atoms with Crippen molar-refractivity contribution in [1.82, 2.24) is 0 Å². The van der Waals surface area contributed by atoms with Gasteiger partial charge in [0.1, 0.15) is 17.6 Å². The second-order valence-electron chi connectivity index (χ2n) is 6.73. The van der Waals surface area contributed by atoms with Crippen LogP contribution in [-0.4, -0.2) is 17.3 Å². The van der Waals surface area contributed by atoms with E-state index in [0.29, 0.717) is 29.2 Å². The molecule has 0 amide bonds. The molecule has 3 aromatic carbocycles. The summed E-state index contributed by atoms with van der Waals surface area (Å²) in [5, 5.41) is 11.2. The van der Waals surface area contributed by atoms with Crippen molar-refractivity contribution in [2.75, 3.05) is 6.61 Å². The Morgan fingerprint density at radius 2 is 1.76 bits per heavy atom. The van der Waals surface area contributed by atoms with Gasteiger partial charge in [-0.3, -0.25) is 14.9 Å². The molecule has 3 aromatic rings. The van der Waals surface area contributed by atoms with Crippen LogP contribution in [0.5, 0.6) is 11.5 Å². The molecule has 0 bridgehead atoms. The predicted molar refractivity (Wildman–Crippen MR) is 108 cm³/mol. The maximum absolute atomic E-state index is 13.4. The Morgan fingerprint density at radius 3 is 2.48 bits per heavy atom. The van der Waals surface area contributed by atoms with Crippen molar-refractivity contribution in [3.8, 4) is 11.5 Å². The van der Waals surface area contributed by atoms with Gasteiger partial charge >= 0.3 is 0 Å². The van der Waals surface area contributed by atoms with Crippen LogP contribution in [0.25, 0.3) is 0 Å². The third-order valence-corrected chi connectivity index (χ3v) is 4.94. The number of ketones is 1. The highest BCUT2D eigenvalue weighted by molar-refractivity contribution is 6.04. The molecule has 2 atom stereocenters. The van der Waals surface area contributed by atoms with Crippen molar-refractivity contribution in [3.05, 3.63) is 99.6 Å². The van der Waals surface area contributed by atoms with E-state index >= 15 is 0 Å². The molecule has 0 spiro atoms. The fourth-order valence-electron chi connectivity index (χ4n) is 3.63. The van der Waals surface area contributed by atoms with E-state index in [4.69, 9.17) is 9.47 Å². The van der Waals surface area contributed by atoms with Crippen LogP contribution in [0.2, 0.25) is 0 Å². The van der Waals surface area contributed by atoms with E-state index in [2.05, 4.69) is 0 Å². The van der Waals surface area contributed by atoms with Crippen molar-refractivity contribution in [2.24, 2.45) is 0 Å². The minimum atomic E-state index is -0.686. The molecular formula is C23H19NO5. The number of Topliss-reactive ketones (excluding diaryl/α,β-unsaturated/α-hetero) is 1. The largest absolute Gasteiger partial charge is 0.494 e. The quantitative estimate of drug-likeness (QED) is 0.448. The summed E-state index contributed by atoms with van der Waals surface area (Å²) in [5.41, 5.74) is 1.81. The third kappa shape index (κ3) is 3.57. The molecular weight excluding hydrogens is 370 g/mol. The molecule has 0 fully saturated rings. The topological polar surface area (TPSA) is 78.7 Å². The van der Waals surface area contributed by atoms with Crippen molar-refractivity contribution in [1.29, 1.82) is 0 Å². The SMILES string of the molecule is CCOc1ccc2c(c1)OC(c1cccc([N+](=O)[O-])c1)C(c1ccccc1)C2=O. The number of fused-ring (bicyclic) bond motifs is 1. The van der Waals surface area contributed by atoms with Gasteiger partial charge in [-0.15, -0.1) is 0 Å². The Morgan fingerprint density at radius 1 is 1.00 bits per heavy atom. The van der Waals surface area contributed by atoms with Crippen molar-refractivity contribution < 1.29 is 19.2 Å². The highest BCUT2D eigenvalue weighted by atomic mass is 16.6. The minimum absolute atomic E-state index is 0.0424. The fourth-order valence-corrected chi connectivity index (χ4v) is 3.63. The van der Waals surface area contributed by atoms with Crippen LogP contribution in [0.4, 0.5) is 5.69 Å². The Hall–Kier alpha value is -3.67. The maximum Gasteiger partial charge on any atom is 0.269 e. The van der Waals surface area contributed by atoms with Gasteiger partial charge in [-0.25, -0.2) is 0 Å². The van der Waals surface area contributed by atoms with E-state index in [1.807, 2.05) is 37.3 Å². The molecule has 0 radical (unpaired) electrons. The number of hydrogen-bond donors (Lipinski definition) is 0. The predicted octanol–water partition coefficient (Wildman–Crippen LogP) is 5.09. The molecule has 6 heteroatoms. The first-order chi connectivity index (χ1) is 14.1. The molecule has 4 rings (SSSR count). The van der Waals surface area contributed by atoms with Gasteiger partial charge < -0.3 is 9.47 Å². The molecule has 0 saturated heterocycles. The number of hydrogen-bond acceptors (Lipinski definition) is 5. The number of carbonyl (C=O) groups is 1. The number of benzene rings is 3. The second kappa shape index (κ2) is 7.75. The molecule has 0 aliphatic carbocycles. The number of nitrogens with zero attached hydrogens (tertiary/aromatic N) is 1. The lowest BCUT2D eigenvalue weighted by atomic mass is 9.81. The third-order valence-electron chi connectivity index (χ3n) is 4.94. The van der Waals surface area contributed by atoms with E-state index in [1.54, 1.807) is 30.3 Å². The average molecular weight is 389 g/mol. The summed E-state index contributed by atoms with van der Waals surface area (Å²) >= 11 is 0. The van der Waals surface area contributed by atoms with Crippen LogP contribution in [0, 0.1) is 10.1 Å². The van der Waals surface area contributed by atoms with Gasteiger partial charge in [0.2, 0.25) is 0 Å². The Labute approximate surface area is 167 Å². The number of carbonyl (C=O) groups excluding carboxylic acids is 1. The maximum atomic E-state index is 13.4. The molecule has 1 heterocycles. The van der Waals surface area contributed by atoms with Gasteiger partial charge in [0.05, 0.1) is 23.0 Å². The second-order valence-corrected chi connectivity index (χ2v) is 6.73. The van der Waals surface area contributed by atoms with E-state index in [9.17, 15) is 14.9 Å². The van der Waals surface area contributed by atoms with Crippen LogP contribution >= 0.6 is 0 Å². The van der Waals surface area contributed by atoms with Crippen molar-refractivity contribution in [3.63, 3.8) is 0 Å². The normalized spacial score (nSPS) is 17.9. The zero-order chi connectivity index (χ0) is 20.4. The zero-order valence-corrected chi connectivity index (χ0v) is 15.8. The number of nitro groups is 1. The first-order valence-electron chi connectivity index (χ1n) is 9.35. The summed E-state index contributed by atoms with van der Waals surface area (Å²) < 4.78 is 11.8. The Bertz CT molecular complexity index is 1060. The highest BCUT2D eigenvalue weighted by Crippen LogP contribution is 2.45. The molecule has 146 valence electrons. The van der Waals surface area contributed by atoms with E-state index in [-0.39, 0.29) is 11.5 Å². The molecule has 2 unspecified atom stereocenters. The summed E-state index contributed by atoms with van der Waals surface area (Å²) in [7, 11) is 0. The monoisotopic (exact) mass is 389 g/mol. The van der Waals surface area contributed by atoms with Crippen LogP contribution in [0.1, 0.15) is 40.4 Å². The lowest BCUT2D eigenvalue weighted by Crippen LogP contribution is -2.30. The van der Waals surface area contributed by atoms with Gasteiger partial charge in [-0.05, 0) is 24.6 Å². The number of rotatable bonds is 5. The summed E-state index contributed by atoms with van der Waals surface area (Å²) in [6.45, 7) is 2.37. The molecule has 1 aliphatic heterocycles. The van der Waals surface area contributed by atoms with Gasteiger partial charge in [0.15, 0.2) is 5.78 Å². The molecule has 29 heavy (non-hydrogen) atoms. The van der Waals surface area contributed by atoms with Crippen LogP contribution in [0.15, 0.2) is 72.8 Å². The number of non-ortho nitro benzene ring substituents is 1. The standard InChI is InChI=1S/C23H19NO5/c1-2-28-18-11-12-19-20(14-18)29-23(16-9-6-10-17(13-16)24(26)27)21(22(19)25)15-7-4-3-5-8-15/h3-14,21,23H,2H2,1H3. The molecule has 0 saturated carbocycles. The fraction of sp³-hybridized carbons (Fsp3) is 0.174. The summed E-state index contributed by atoms with van der Waals surface area (Å²) in [6, 6.07) is 20.7. The molecule has 1 aliphatic rings. The Kier molecular flexibility index (Phi) is 4.99. The van der Waals surface area contributed by atoms with Crippen LogP contribution in [0.3, 0.4) is 0 Å². The van der Waals surface area contributed by atoms with Crippen molar-refractivity contribution >= 4 is 11.5 Å². The van der Waals surface area contributed by atoms with E-state index in [1.165, 1.54) is 12.1 Å². The minimum Gasteiger partial charge on any atom is -0.494 e. The lowest BCUT2D eigenvalue weighted by molar-refractivity contribution is -0.385. The summed E-state index contributed by atoms with van der Waals surface area (Å²) in [6.07, 6.45) is -0.686. The van der Waals surface area contributed by atoms with E-state index in [0.717, 1.165) is 5.56 Å². The molecule has 0 N–H and O–H groups in total. The smallest absolute Gasteiger partial charge is 0.269 e. The zero-order valence-electron chi connectivity index (χ0n) is 15.8. The first-order valence-corrected chi connectivity index (χ1v) is 9.35. The molecule has 0 aromatic heterocycles. The first kappa shape index (κ1) is 18.7. The van der Waals surface area contributed by atoms with E-state index < -0.39 is 16.9 Å². The van der Waals surface area contributed by atoms with Gasteiger partial charge in [-0.2, -0.15) is 0 Å².